The zero-order valence-electron chi connectivity index (χ0n) is 11.1. The van der Waals surface area contributed by atoms with Crippen LogP contribution in [0.2, 0.25) is 0 Å². The number of benzene rings is 1. The third kappa shape index (κ3) is 3.19. The van der Waals surface area contributed by atoms with Crippen molar-refractivity contribution in [3.05, 3.63) is 40.5 Å². The van der Waals surface area contributed by atoms with Gasteiger partial charge in [0.25, 0.3) is 0 Å². The number of rotatable bonds is 4. The summed E-state index contributed by atoms with van der Waals surface area (Å²) in [5.74, 6) is -0.411. The first-order valence-electron chi connectivity index (χ1n) is 6.00. The first kappa shape index (κ1) is 15.0. The van der Waals surface area contributed by atoms with Gasteiger partial charge in [-0.3, -0.25) is 0 Å². The molecule has 1 aromatic heterocycles. The molecule has 0 fully saturated rings. The molecule has 0 bridgehead atoms. The largest absolute Gasteiger partial charge is 0.462 e. The predicted octanol–water partition coefficient (Wildman–Crippen LogP) is 3.80. The average molecular weight is 353 g/mol. The van der Waals surface area contributed by atoms with Gasteiger partial charge in [0, 0.05) is 16.2 Å². The molecule has 0 aliphatic rings. The standard InChI is InChI=1S/C14H13BrN2O2S/c1-3-19-13(18)10-8-16-14(20-2)17-12(10)9-6-4-5-7-11(9)15/h4-8H,3H2,1-2H3. The molecule has 0 unspecified atom stereocenters. The Morgan fingerprint density at radius 2 is 2.15 bits per heavy atom. The molecule has 0 aliphatic carbocycles. The Morgan fingerprint density at radius 1 is 1.40 bits per heavy atom. The zero-order chi connectivity index (χ0) is 14.5. The van der Waals surface area contributed by atoms with E-state index in [2.05, 4.69) is 25.9 Å². The first-order chi connectivity index (χ1) is 9.67. The Morgan fingerprint density at radius 3 is 2.80 bits per heavy atom. The molecule has 0 spiro atoms. The second-order valence-electron chi connectivity index (χ2n) is 3.82. The topological polar surface area (TPSA) is 52.1 Å². The number of carbonyl (C=O) groups is 1. The molecule has 2 aromatic rings. The average Bonchev–Trinajstić information content (AvgIpc) is 2.47. The van der Waals surface area contributed by atoms with Gasteiger partial charge < -0.3 is 4.74 Å². The lowest BCUT2D eigenvalue weighted by molar-refractivity contribution is 0.0526. The summed E-state index contributed by atoms with van der Waals surface area (Å²) in [6, 6.07) is 7.62. The van der Waals surface area contributed by atoms with Gasteiger partial charge in [-0.1, -0.05) is 45.9 Å². The molecule has 0 atom stereocenters. The van der Waals surface area contributed by atoms with Crippen molar-refractivity contribution in [2.75, 3.05) is 12.9 Å². The third-order valence-corrected chi connectivity index (χ3v) is 3.83. The van der Waals surface area contributed by atoms with Gasteiger partial charge >= 0.3 is 5.97 Å². The summed E-state index contributed by atoms with van der Waals surface area (Å²) in [7, 11) is 0. The summed E-state index contributed by atoms with van der Waals surface area (Å²) in [4.78, 5) is 20.6. The Hall–Kier alpha value is -1.40. The molecule has 1 aromatic carbocycles. The lowest BCUT2D eigenvalue weighted by atomic mass is 10.1. The van der Waals surface area contributed by atoms with Gasteiger partial charge in [-0.25, -0.2) is 14.8 Å². The third-order valence-electron chi connectivity index (χ3n) is 2.57. The Kier molecular flexibility index (Phi) is 5.14. The summed E-state index contributed by atoms with van der Waals surface area (Å²) >= 11 is 4.91. The van der Waals surface area contributed by atoms with Gasteiger partial charge in [0.2, 0.25) is 0 Å². The van der Waals surface area contributed by atoms with Crippen LogP contribution in [0.15, 0.2) is 40.1 Å². The van der Waals surface area contributed by atoms with Crippen LogP contribution in [-0.2, 0) is 4.74 Å². The Bertz CT molecular complexity index is 634. The lowest BCUT2D eigenvalue weighted by Crippen LogP contribution is -2.09. The number of aromatic nitrogens is 2. The van der Waals surface area contributed by atoms with E-state index >= 15 is 0 Å². The van der Waals surface area contributed by atoms with E-state index in [4.69, 9.17) is 4.74 Å². The number of carbonyl (C=O) groups excluding carboxylic acids is 1. The molecule has 20 heavy (non-hydrogen) atoms. The van der Waals surface area contributed by atoms with Crippen molar-refractivity contribution in [3.8, 4) is 11.3 Å². The summed E-state index contributed by atoms with van der Waals surface area (Å²) in [5.41, 5.74) is 1.79. The molecule has 4 nitrogen and oxygen atoms in total. The minimum Gasteiger partial charge on any atom is -0.462 e. The van der Waals surface area contributed by atoms with E-state index in [1.54, 1.807) is 6.92 Å². The maximum atomic E-state index is 12.0. The van der Waals surface area contributed by atoms with E-state index in [-0.39, 0.29) is 0 Å². The van der Waals surface area contributed by atoms with Crippen LogP contribution >= 0.6 is 27.7 Å². The normalized spacial score (nSPS) is 10.3. The quantitative estimate of drug-likeness (QED) is 0.475. The summed E-state index contributed by atoms with van der Waals surface area (Å²) < 4.78 is 5.93. The molecular weight excluding hydrogens is 340 g/mol. The van der Waals surface area contributed by atoms with E-state index in [9.17, 15) is 4.79 Å². The van der Waals surface area contributed by atoms with E-state index < -0.39 is 5.97 Å². The van der Waals surface area contributed by atoms with Crippen LogP contribution in [0, 0.1) is 0 Å². The maximum Gasteiger partial charge on any atom is 0.341 e. The number of thioether (sulfide) groups is 1. The maximum absolute atomic E-state index is 12.0. The number of hydrogen-bond donors (Lipinski definition) is 0. The van der Waals surface area contributed by atoms with Gasteiger partial charge in [0.15, 0.2) is 5.16 Å². The van der Waals surface area contributed by atoms with Gasteiger partial charge in [0.05, 0.1) is 12.3 Å². The van der Waals surface area contributed by atoms with E-state index in [0.29, 0.717) is 23.0 Å². The van der Waals surface area contributed by atoms with E-state index in [1.165, 1.54) is 18.0 Å². The molecule has 104 valence electrons. The highest BCUT2D eigenvalue weighted by Gasteiger charge is 2.18. The summed E-state index contributed by atoms with van der Waals surface area (Å²) in [6.45, 7) is 2.09. The smallest absolute Gasteiger partial charge is 0.341 e. The molecule has 6 heteroatoms. The van der Waals surface area contributed by atoms with E-state index in [0.717, 1.165) is 10.0 Å². The van der Waals surface area contributed by atoms with Gasteiger partial charge in [0.1, 0.15) is 5.56 Å². The number of nitrogens with zero attached hydrogens (tertiary/aromatic N) is 2. The zero-order valence-corrected chi connectivity index (χ0v) is 13.5. The fraction of sp³-hybridized carbons (Fsp3) is 0.214. The fourth-order valence-corrected chi connectivity index (χ4v) is 2.49. The number of hydrogen-bond acceptors (Lipinski definition) is 5. The minimum atomic E-state index is -0.411. The van der Waals surface area contributed by atoms with Crippen molar-refractivity contribution >= 4 is 33.7 Å². The monoisotopic (exact) mass is 352 g/mol. The molecule has 1 heterocycles. The van der Waals surface area contributed by atoms with Gasteiger partial charge in [-0.15, -0.1) is 0 Å². The second-order valence-corrected chi connectivity index (χ2v) is 5.45. The van der Waals surface area contributed by atoms with E-state index in [1.807, 2.05) is 30.5 Å². The van der Waals surface area contributed by atoms with Crippen molar-refractivity contribution < 1.29 is 9.53 Å². The van der Waals surface area contributed by atoms with Crippen LogP contribution in [0.25, 0.3) is 11.3 Å². The van der Waals surface area contributed by atoms with Crippen LogP contribution < -0.4 is 0 Å². The van der Waals surface area contributed by atoms with Gasteiger partial charge in [-0.2, -0.15) is 0 Å². The number of esters is 1. The van der Waals surface area contributed by atoms with Crippen LogP contribution in [0.3, 0.4) is 0 Å². The fourth-order valence-electron chi connectivity index (χ4n) is 1.68. The van der Waals surface area contributed by atoms with Crippen molar-refractivity contribution in [3.63, 3.8) is 0 Å². The van der Waals surface area contributed by atoms with Crippen LogP contribution in [0.1, 0.15) is 17.3 Å². The molecule has 2 rings (SSSR count). The molecule has 0 saturated heterocycles. The molecule has 0 radical (unpaired) electrons. The summed E-state index contributed by atoms with van der Waals surface area (Å²) in [6.07, 6.45) is 3.41. The Balaban J connectivity index is 2.59. The van der Waals surface area contributed by atoms with Crippen LogP contribution in [0.5, 0.6) is 0 Å². The highest BCUT2D eigenvalue weighted by Crippen LogP contribution is 2.30. The first-order valence-corrected chi connectivity index (χ1v) is 8.02. The predicted molar refractivity (Wildman–Crippen MR) is 82.9 cm³/mol. The summed E-state index contributed by atoms with van der Waals surface area (Å²) in [5, 5.41) is 0.615. The van der Waals surface area contributed by atoms with Crippen LogP contribution in [-0.4, -0.2) is 28.8 Å². The molecule has 0 saturated carbocycles. The lowest BCUT2D eigenvalue weighted by Gasteiger charge is -2.10. The second kappa shape index (κ2) is 6.85. The highest BCUT2D eigenvalue weighted by molar-refractivity contribution is 9.10. The van der Waals surface area contributed by atoms with Crippen molar-refractivity contribution in [2.24, 2.45) is 0 Å². The van der Waals surface area contributed by atoms with Crippen molar-refractivity contribution in [1.82, 2.24) is 9.97 Å². The minimum absolute atomic E-state index is 0.318. The number of halogens is 1. The highest BCUT2D eigenvalue weighted by atomic mass is 79.9. The number of ether oxygens (including phenoxy) is 1. The molecular formula is C14H13BrN2O2S. The van der Waals surface area contributed by atoms with Crippen molar-refractivity contribution in [2.45, 2.75) is 12.1 Å². The Labute approximate surface area is 130 Å². The van der Waals surface area contributed by atoms with Crippen molar-refractivity contribution in [1.29, 1.82) is 0 Å². The SMILES string of the molecule is CCOC(=O)c1cnc(SC)nc1-c1ccccc1Br. The van der Waals surface area contributed by atoms with Crippen LogP contribution in [0.4, 0.5) is 0 Å². The van der Waals surface area contributed by atoms with Gasteiger partial charge in [-0.05, 0) is 19.2 Å². The molecule has 0 N–H and O–H groups in total. The molecule has 0 amide bonds. The molecule has 0 aliphatic heterocycles.